The summed E-state index contributed by atoms with van der Waals surface area (Å²) in [6.45, 7) is 3.13. The van der Waals surface area contributed by atoms with Gasteiger partial charge < -0.3 is 10.2 Å². The molecule has 3 aromatic heterocycles. The summed E-state index contributed by atoms with van der Waals surface area (Å²) in [5.74, 6) is 0.799. The Labute approximate surface area is 144 Å². The Morgan fingerprint density at radius 2 is 2.21 bits per heavy atom. The molecule has 0 spiro atoms. The van der Waals surface area contributed by atoms with Crippen LogP contribution in [0, 0.1) is 6.92 Å². The molecule has 24 heavy (non-hydrogen) atoms. The van der Waals surface area contributed by atoms with Gasteiger partial charge in [0.2, 0.25) is 0 Å². The average Bonchev–Trinajstić information content (AvgIpc) is 3.25. The maximum absolute atomic E-state index is 12.2. The van der Waals surface area contributed by atoms with E-state index in [1.54, 1.807) is 42.0 Å². The number of thiophene rings is 1. The number of nitrogens with one attached hydrogen (secondary N) is 1. The third-order valence-electron chi connectivity index (χ3n) is 3.56. The van der Waals surface area contributed by atoms with E-state index in [1.807, 2.05) is 22.9 Å². The average molecular weight is 341 g/mol. The monoisotopic (exact) mass is 341 g/mol. The third-order valence-corrected chi connectivity index (χ3v) is 4.54. The third kappa shape index (κ3) is 3.99. The highest BCUT2D eigenvalue weighted by molar-refractivity contribution is 7.11. The highest BCUT2D eigenvalue weighted by Gasteiger charge is 2.10. The number of rotatable bonds is 5. The number of carbonyl (C=O) groups is 1. The fourth-order valence-electron chi connectivity index (χ4n) is 2.26. The first kappa shape index (κ1) is 16.2. The van der Waals surface area contributed by atoms with E-state index in [1.165, 1.54) is 9.75 Å². The van der Waals surface area contributed by atoms with E-state index in [4.69, 9.17) is 0 Å². The van der Waals surface area contributed by atoms with Crippen molar-refractivity contribution in [3.8, 4) is 5.82 Å². The molecule has 0 bridgehead atoms. The lowest BCUT2D eigenvalue weighted by molar-refractivity contribution is 0.207. The molecule has 0 saturated heterocycles. The molecule has 0 fully saturated rings. The van der Waals surface area contributed by atoms with Crippen LogP contribution >= 0.6 is 11.3 Å². The number of hydrogen-bond donors (Lipinski definition) is 1. The minimum Gasteiger partial charge on any atom is -0.334 e. The topological polar surface area (TPSA) is 63.1 Å². The van der Waals surface area contributed by atoms with Gasteiger partial charge in [-0.15, -0.1) is 11.3 Å². The first-order valence-corrected chi connectivity index (χ1v) is 8.41. The molecule has 3 aromatic rings. The van der Waals surface area contributed by atoms with Crippen LogP contribution in [-0.4, -0.2) is 32.5 Å². The summed E-state index contributed by atoms with van der Waals surface area (Å²) in [6, 6.07) is 7.88. The van der Waals surface area contributed by atoms with Crippen molar-refractivity contribution >= 4 is 17.4 Å². The lowest BCUT2D eigenvalue weighted by Gasteiger charge is -2.17. The molecule has 0 aliphatic rings. The largest absolute Gasteiger partial charge is 0.334 e. The number of pyridine rings is 1. The smallest absolute Gasteiger partial charge is 0.317 e. The van der Waals surface area contributed by atoms with Gasteiger partial charge in [-0.2, -0.15) is 0 Å². The summed E-state index contributed by atoms with van der Waals surface area (Å²) in [4.78, 5) is 24.6. The maximum atomic E-state index is 12.2. The molecule has 0 unspecified atom stereocenters. The molecule has 0 radical (unpaired) electrons. The van der Waals surface area contributed by atoms with Gasteiger partial charge in [-0.25, -0.2) is 14.8 Å². The Hall–Kier alpha value is -2.67. The minimum absolute atomic E-state index is 0.0975. The number of urea groups is 1. The van der Waals surface area contributed by atoms with Crippen molar-refractivity contribution in [2.45, 2.75) is 20.0 Å². The number of aromatic nitrogens is 3. The second-order valence-electron chi connectivity index (χ2n) is 5.52. The quantitative estimate of drug-likeness (QED) is 0.776. The summed E-state index contributed by atoms with van der Waals surface area (Å²) >= 11 is 1.71. The van der Waals surface area contributed by atoms with E-state index < -0.39 is 0 Å². The number of aryl methyl sites for hydroxylation is 1. The molecule has 0 saturated carbocycles. The Balaban J connectivity index is 1.52. The maximum Gasteiger partial charge on any atom is 0.317 e. The van der Waals surface area contributed by atoms with E-state index in [9.17, 15) is 4.79 Å². The summed E-state index contributed by atoms with van der Waals surface area (Å²) in [6.07, 6.45) is 7.01. The van der Waals surface area contributed by atoms with Crippen LogP contribution in [0.15, 0.2) is 49.2 Å². The first-order chi connectivity index (χ1) is 11.6. The molecule has 0 aliphatic carbocycles. The van der Waals surface area contributed by atoms with Gasteiger partial charge in [0.15, 0.2) is 0 Å². The zero-order valence-electron chi connectivity index (χ0n) is 13.6. The molecule has 1 N–H and O–H groups in total. The van der Waals surface area contributed by atoms with Crippen LogP contribution in [0.2, 0.25) is 0 Å². The lowest BCUT2D eigenvalue weighted by atomic mass is 10.3. The highest BCUT2D eigenvalue weighted by Crippen LogP contribution is 2.16. The van der Waals surface area contributed by atoms with Crippen LogP contribution in [0.3, 0.4) is 0 Å². The lowest BCUT2D eigenvalue weighted by Crippen LogP contribution is -2.36. The highest BCUT2D eigenvalue weighted by atomic mass is 32.1. The van der Waals surface area contributed by atoms with Gasteiger partial charge in [-0.3, -0.25) is 4.57 Å². The number of amides is 2. The van der Waals surface area contributed by atoms with Crippen molar-refractivity contribution < 1.29 is 4.79 Å². The SMILES string of the molecule is Cc1ccc(CN(C)C(=O)NCc2ccc(-n3ccnc3)nc2)s1. The summed E-state index contributed by atoms with van der Waals surface area (Å²) < 4.78 is 1.83. The van der Waals surface area contributed by atoms with E-state index >= 15 is 0 Å². The molecule has 2 amide bonds. The molecule has 124 valence electrons. The van der Waals surface area contributed by atoms with Crippen LogP contribution in [-0.2, 0) is 13.1 Å². The van der Waals surface area contributed by atoms with E-state index in [-0.39, 0.29) is 6.03 Å². The van der Waals surface area contributed by atoms with Crippen molar-refractivity contribution in [3.05, 3.63) is 64.5 Å². The molecular formula is C17H19N5OS. The van der Waals surface area contributed by atoms with Crippen molar-refractivity contribution in [2.24, 2.45) is 0 Å². The van der Waals surface area contributed by atoms with Crippen LogP contribution in [0.5, 0.6) is 0 Å². The van der Waals surface area contributed by atoms with Gasteiger partial charge in [0.05, 0.1) is 6.54 Å². The van der Waals surface area contributed by atoms with Gasteiger partial charge in [0.1, 0.15) is 12.1 Å². The predicted molar refractivity (Wildman–Crippen MR) is 94.1 cm³/mol. The second-order valence-corrected chi connectivity index (χ2v) is 6.89. The van der Waals surface area contributed by atoms with E-state index in [2.05, 4.69) is 34.3 Å². The van der Waals surface area contributed by atoms with Gasteiger partial charge in [0.25, 0.3) is 0 Å². The van der Waals surface area contributed by atoms with Crippen LogP contribution in [0.25, 0.3) is 5.82 Å². The molecule has 7 heteroatoms. The van der Waals surface area contributed by atoms with Crippen molar-refractivity contribution in [1.29, 1.82) is 0 Å². The normalized spacial score (nSPS) is 10.6. The fraction of sp³-hybridized carbons (Fsp3) is 0.235. The predicted octanol–water partition coefficient (Wildman–Crippen LogP) is 2.98. The molecule has 6 nitrogen and oxygen atoms in total. The Morgan fingerprint density at radius 3 is 2.83 bits per heavy atom. The van der Waals surface area contributed by atoms with E-state index in [0.29, 0.717) is 13.1 Å². The molecule has 0 aliphatic heterocycles. The molecule has 3 rings (SSSR count). The van der Waals surface area contributed by atoms with Crippen LogP contribution in [0.1, 0.15) is 15.3 Å². The fourth-order valence-corrected chi connectivity index (χ4v) is 3.20. The van der Waals surface area contributed by atoms with Crippen LogP contribution in [0.4, 0.5) is 4.79 Å². The summed E-state index contributed by atoms with van der Waals surface area (Å²) in [7, 11) is 1.80. The minimum atomic E-state index is -0.0975. The number of carbonyl (C=O) groups excluding carboxylic acids is 1. The van der Waals surface area contributed by atoms with Crippen molar-refractivity contribution in [1.82, 2.24) is 24.8 Å². The standard InChI is InChI=1S/C17H19N5OS/c1-13-3-5-15(24-13)11-21(2)17(23)20-10-14-4-6-16(19-9-14)22-8-7-18-12-22/h3-9,12H,10-11H2,1-2H3,(H,20,23). The molecule has 0 atom stereocenters. The van der Waals surface area contributed by atoms with Gasteiger partial charge in [0, 0.05) is 41.9 Å². The van der Waals surface area contributed by atoms with Crippen molar-refractivity contribution in [3.63, 3.8) is 0 Å². The summed E-state index contributed by atoms with van der Waals surface area (Å²) in [5.41, 5.74) is 0.951. The van der Waals surface area contributed by atoms with Gasteiger partial charge >= 0.3 is 6.03 Å². The Bertz CT molecular complexity index is 795. The van der Waals surface area contributed by atoms with Gasteiger partial charge in [-0.1, -0.05) is 6.07 Å². The number of imidazole rings is 1. The number of nitrogens with zero attached hydrogens (tertiary/aromatic N) is 4. The number of hydrogen-bond acceptors (Lipinski definition) is 4. The van der Waals surface area contributed by atoms with E-state index in [0.717, 1.165) is 11.4 Å². The Kier molecular flexibility index (Phi) is 4.90. The first-order valence-electron chi connectivity index (χ1n) is 7.59. The Morgan fingerprint density at radius 1 is 1.33 bits per heavy atom. The zero-order valence-corrected chi connectivity index (χ0v) is 14.5. The molecule has 0 aromatic carbocycles. The second kappa shape index (κ2) is 7.27. The summed E-state index contributed by atoms with van der Waals surface area (Å²) in [5, 5.41) is 2.91. The molecule has 3 heterocycles. The van der Waals surface area contributed by atoms with Crippen molar-refractivity contribution in [2.75, 3.05) is 7.05 Å². The van der Waals surface area contributed by atoms with Crippen LogP contribution < -0.4 is 5.32 Å². The zero-order chi connectivity index (χ0) is 16.9. The van der Waals surface area contributed by atoms with Gasteiger partial charge in [-0.05, 0) is 30.7 Å². The molecular weight excluding hydrogens is 322 g/mol.